The maximum atomic E-state index is 10.4. The monoisotopic (exact) mass is 216 g/mol. The topological polar surface area (TPSA) is 92.4 Å². The van der Waals surface area contributed by atoms with Crippen molar-refractivity contribution in [1.29, 1.82) is 0 Å². The van der Waals surface area contributed by atoms with Crippen LogP contribution in [0.25, 0.3) is 0 Å². The van der Waals surface area contributed by atoms with Gasteiger partial charge in [0.05, 0.1) is 0 Å². The normalized spacial score (nSPS) is 13.1. The number of rotatable bonds is 5. The molecule has 5 nitrogen and oxygen atoms in total. The van der Waals surface area contributed by atoms with Gasteiger partial charge in [-0.2, -0.15) is 0 Å². The van der Waals surface area contributed by atoms with Crippen molar-refractivity contribution in [3.8, 4) is 5.63 Å². The molecule has 0 heterocycles. The Balaban J connectivity index is 4.52. The Morgan fingerprint density at radius 3 is 2.86 bits per heavy atom. The molecule has 0 rings (SSSR count). The molecule has 0 aliphatic carbocycles. The molecular formula is C8H13N2O3P. The molecule has 0 fully saturated rings. The summed E-state index contributed by atoms with van der Waals surface area (Å²) in [5.74, 6) is -1.11. The number of hydrogen-bond acceptors (Lipinski definition) is 4. The molecule has 0 aromatic rings. The quantitative estimate of drug-likeness (QED) is 0.570. The van der Waals surface area contributed by atoms with Gasteiger partial charge in [-0.05, 0) is 0 Å². The first-order valence-electron chi connectivity index (χ1n) is 4.04. The fourth-order valence-corrected chi connectivity index (χ4v) is 1.09. The van der Waals surface area contributed by atoms with Crippen molar-refractivity contribution in [2.45, 2.75) is 12.5 Å². The SMILES string of the molecule is CNCCC(C#P=O)=CC(N)C(=O)O. The van der Waals surface area contributed by atoms with Crippen molar-refractivity contribution in [1.82, 2.24) is 5.32 Å². The van der Waals surface area contributed by atoms with Crippen molar-refractivity contribution < 1.29 is 14.5 Å². The predicted molar refractivity (Wildman–Crippen MR) is 53.7 cm³/mol. The van der Waals surface area contributed by atoms with Crippen molar-refractivity contribution >= 4 is 13.9 Å². The Bertz CT molecular complexity index is 320. The molecule has 4 N–H and O–H groups in total. The van der Waals surface area contributed by atoms with Gasteiger partial charge >= 0.3 is 82.7 Å². The molecule has 0 aliphatic heterocycles. The fourth-order valence-electron chi connectivity index (χ4n) is 0.783. The summed E-state index contributed by atoms with van der Waals surface area (Å²) in [5.41, 5.74) is 8.32. The van der Waals surface area contributed by atoms with E-state index in [0.717, 1.165) is 0 Å². The molecule has 1 unspecified atom stereocenters. The summed E-state index contributed by atoms with van der Waals surface area (Å²) >= 11 is 0. The van der Waals surface area contributed by atoms with Gasteiger partial charge in [0.25, 0.3) is 0 Å². The number of carboxylic acid groups (broad SMARTS) is 1. The first-order valence-corrected chi connectivity index (χ1v) is 4.85. The minimum absolute atomic E-state index is 0.266. The van der Waals surface area contributed by atoms with Crippen LogP contribution in [0.3, 0.4) is 0 Å². The third-order valence-electron chi connectivity index (χ3n) is 1.50. The molecule has 0 radical (unpaired) electrons. The molecule has 0 amide bonds. The summed E-state index contributed by atoms with van der Waals surface area (Å²) in [6.45, 7) is 0.653. The zero-order valence-corrected chi connectivity index (χ0v) is 8.75. The molecule has 0 aromatic heterocycles. The zero-order chi connectivity index (χ0) is 11.0. The number of carboxylic acids is 1. The first-order chi connectivity index (χ1) is 6.61. The fraction of sp³-hybridized carbons (Fsp3) is 0.500. The van der Waals surface area contributed by atoms with Crippen molar-refractivity contribution in [3.63, 3.8) is 0 Å². The van der Waals surface area contributed by atoms with Crippen LogP contribution in [0.4, 0.5) is 0 Å². The molecule has 0 spiro atoms. The Labute approximate surface area is 83.5 Å². The number of carbonyl (C=O) groups is 1. The molecule has 0 aromatic carbocycles. The van der Waals surface area contributed by atoms with E-state index in [1.165, 1.54) is 6.08 Å². The van der Waals surface area contributed by atoms with Crippen molar-refractivity contribution in [2.24, 2.45) is 5.73 Å². The van der Waals surface area contributed by atoms with E-state index in [1.807, 2.05) is 0 Å². The van der Waals surface area contributed by atoms with Gasteiger partial charge in [0.2, 0.25) is 0 Å². The number of nitrogens with two attached hydrogens (primary N) is 1. The predicted octanol–water partition coefficient (Wildman–Crippen LogP) is 0.185. The van der Waals surface area contributed by atoms with Crippen molar-refractivity contribution in [2.75, 3.05) is 13.6 Å². The second-order valence-electron chi connectivity index (χ2n) is 2.61. The summed E-state index contributed by atoms with van der Waals surface area (Å²) in [4.78, 5) is 10.4. The average molecular weight is 216 g/mol. The van der Waals surface area contributed by atoms with Gasteiger partial charge < -0.3 is 0 Å². The van der Waals surface area contributed by atoms with Crippen LogP contribution in [0, 0.1) is 5.63 Å². The van der Waals surface area contributed by atoms with Gasteiger partial charge in [-0.1, -0.05) is 0 Å². The van der Waals surface area contributed by atoms with E-state index in [9.17, 15) is 9.36 Å². The average Bonchev–Trinajstić information content (AvgIpc) is 2.14. The van der Waals surface area contributed by atoms with Crippen LogP contribution in [-0.4, -0.2) is 30.7 Å². The number of aliphatic carboxylic acids is 1. The zero-order valence-electron chi connectivity index (χ0n) is 7.86. The number of hydrogen-bond donors (Lipinski definition) is 3. The van der Waals surface area contributed by atoms with Crippen LogP contribution in [0.1, 0.15) is 6.42 Å². The van der Waals surface area contributed by atoms with Gasteiger partial charge in [0.1, 0.15) is 0 Å². The molecular weight excluding hydrogens is 203 g/mol. The van der Waals surface area contributed by atoms with E-state index in [-0.39, 0.29) is 7.92 Å². The Kier molecular flexibility index (Phi) is 7.07. The van der Waals surface area contributed by atoms with Gasteiger partial charge in [0.15, 0.2) is 0 Å². The molecule has 78 valence electrons. The molecule has 0 saturated carbocycles. The van der Waals surface area contributed by atoms with E-state index in [0.29, 0.717) is 18.5 Å². The summed E-state index contributed by atoms with van der Waals surface area (Å²) in [6.07, 6.45) is 1.89. The van der Waals surface area contributed by atoms with Gasteiger partial charge in [-0.25, -0.2) is 0 Å². The molecule has 0 saturated heterocycles. The Hall–Kier alpha value is -0.860. The second-order valence-corrected chi connectivity index (χ2v) is 3.02. The summed E-state index contributed by atoms with van der Waals surface area (Å²) < 4.78 is 10.3. The maximum absolute atomic E-state index is 10.4. The van der Waals surface area contributed by atoms with Crippen LogP contribution in [0.15, 0.2) is 11.6 Å². The molecule has 0 bridgehead atoms. The van der Waals surface area contributed by atoms with Crippen LogP contribution in [0.5, 0.6) is 0 Å². The van der Waals surface area contributed by atoms with E-state index in [4.69, 9.17) is 10.8 Å². The standard InChI is InChI=1S/C8H13N2O3P/c1-10-3-2-6(5-14-13)4-7(9)8(11)12/h4,7,10H,2-3,9H2,1H3,(H,11,12). The van der Waals surface area contributed by atoms with Gasteiger partial charge in [0, 0.05) is 0 Å². The second kappa shape index (κ2) is 7.54. The van der Waals surface area contributed by atoms with Crippen molar-refractivity contribution in [3.05, 3.63) is 11.6 Å². The Morgan fingerprint density at radius 2 is 2.43 bits per heavy atom. The van der Waals surface area contributed by atoms with Crippen LogP contribution < -0.4 is 11.1 Å². The molecule has 14 heavy (non-hydrogen) atoms. The van der Waals surface area contributed by atoms with Crippen LogP contribution in [-0.2, 0) is 9.36 Å². The first kappa shape index (κ1) is 13.1. The van der Waals surface area contributed by atoms with Crippen LogP contribution in [0.2, 0.25) is 0 Å². The third-order valence-corrected chi connectivity index (χ3v) is 1.88. The number of nitrogens with one attached hydrogen (secondary N) is 1. The summed E-state index contributed by atoms with van der Waals surface area (Å²) in [6, 6.07) is -1.07. The minimum atomic E-state index is -1.11. The van der Waals surface area contributed by atoms with E-state index in [1.54, 1.807) is 7.05 Å². The van der Waals surface area contributed by atoms with Gasteiger partial charge in [-0.15, -0.1) is 0 Å². The molecule has 0 aliphatic rings. The molecule has 6 heteroatoms. The summed E-state index contributed by atoms with van der Waals surface area (Å²) in [7, 11) is 1.50. The summed E-state index contributed by atoms with van der Waals surface area (Å²) in [5, 5.41) is 11.4. The third kappa shape index (κ3) is 5.73. The van der Waals surface area contributed by atoms with E-state index < -0.39 is 12.0 Å². The Morgan fingerprint density at radius 1 is 1.79 bits per heavy atom. The molecule has 1 atom stereocenters. The van der Waals surface area contributed by atoms with E-state index >= 15 is 0 Å². The van der Waals surface area contributed by atoms with Crippen LogP contribution >= 0.6 is 7.92 Å². The van der Waals surface area contributed by atoms with E-state index in [2.05, 4.69) is 10.9 Å². The van der Waals surface area contributed by atoms with Gasteiger partial charge in [-0.3, -0.25) is 0 Å².